The lowest BCUT2D eigenvalue weighted by Crippen LogP contribution is -2.14. The predicted octanol–water partition coefficient (Wildman–Crippen LogP) is 2.94. The van der Waals surface area contributed by atoms with Crippen LogP contribution >= 0.6 is 0 Å². The van der Waals surface area contributed by atoms with Gasteiger partial charge in [-0.25, -0.2) is 4.39 Å². The fraction of sp³-hybridized carbons (Fsp3) is 0.125. The molecule has 1 aromatic carbocycles. The largest absolute Gasteiger partial charge is 0.469 e. The summed E-state index contributed by atoms with van der Waals surface area (Å²) in [6.45, 7) is 3.16. The Bertz CT molecular complexity index is 784. The summed E-state index contributed by atoms with van der Waals surface area (Å²) in [5.74, 6) is 3.56. The molecule has 112 valence electrons. The van der Waals surface area contributed by atoms with Crippen LogP contribution in [0.25, 0.3) is 0 Å². The van der Waals surface area contributed by atoms with Crippen molar-refractivity contribution in [3.63, 3.8) is 0 Å². The molecule has 1 aromatic heterocycles. The molecular formula is C16H13FN2O3. The lowest BCUT2D eigenvalue weighted by Gasteiger charge is -2.08. The molecule has 2 N–H and O–H groups in total. The third kappa shape index (κ3) is 3.52. The number of hydrogen-bond acceptors (Lipinski definition) is 3. The van der Waals surface area contributed by atoms with E-state index in [9.17, 15) is 14.0 Å². The summed E-state index contributed by atoms with van der Waals surface area (Å²) in [6, 6.07) is 5.33. The van der Waals surface area contributed by atoms with Gasteiger partial charge in [0.25, 0.3) is 11.8 Å². The lowest BCUT2D eigenvalue weighted by molar-refractivity contribution is -0.111. The van der Waals surface area contributed by atoms with E-state index in [1.807, 2.05) is 0 Å². The number of nitrogens with one attached hydrogen (secondary N) is 2. The van der Waals surface area contributed by atoms with Gasteiger partial charge in [-0.2, -0.15) is 0 Å². The van der Waals surface area contributed by atoms with E-state index in [-0.39, 0.29) is 5.69 Å². The molecule has 0 aliphatic carbocycles. The average molecular weight is 300 g/mol. The Morgan fingerprint density at radius 1 is 1.23 bits per heavy atom. The molecule has 1 heterocycles. The summed E-state index contributed by atoms with van der Waals surface area (Å²) in [5.41, 5.74) is 0.590. The molecule has 0 aliphatic rings. The van der Waals surface area contributed by atoms with Gasteiger partial charge in [-0.1, -0.05) is 5.92 Å². The minimum absolute atomic E-state index is 0.0483. The first-order chi connectivity index (χ1) is 10.5. The Morgan fingerprint density at radius 3 is 2.64 bits per heavy atom. The van der Waals surface area contributed by atoms with Gasteiger partial charge in [0.1, 0.15) is 11.6 Å². The van der Waals surface area contributed by atoms with Gasteiger partial charge in [0.2, 0.25) is 0 Å². The molecule has 0 spiro atoms. The second kappa shape index (κ2) is 6.59. The van der Waals surface area contributed by atoms with E-state index >= 15 is 0 Å². The second-order valence-corrected chi connectivity index (χ2v) is 4.37. The summed E-state index contributed by atoms with van der Waals surface area (Å²) >= 11 is 0. The zero-order valence-electron chi connectivity index (χ0n) is 12.0. The summed E-state index contributed by atoms with van der Waals surface area (Å²) in [5, 5.41) is 4.92. The highest BCUT2D eigenvalue weighted by Crippen LogP contribution is 2.21. The van der Waals surface area contributed by atoms with E-state index in [0.717, 1.165) is 6.07 Å². The molecule has 0 unspecified atom stereocenters. The first-order valence-electron chi connectivity index (χ1n) is 6.40. The van der Waals surface area contributed by atoms with Crippen LogP contribution in [0.15, 0.2) is 34.9 Å². The molecule has 2 rings (SSSR count). The molecular weight excluding hydrogens is 287 g/mol. The van der Waals surface area contributed by atoms with Crippen molar-refractivity contribution < 1.29 is 18.4 Å². The summed E-state index contributed by atoms with van der Waals surface area (Å²) in [4.78, 5) is 23.4. The average Bonchev–Trinajstić information content (AvgIpc) is 2.89. The van der Waals surface area contributed by atoms with Crippen LogP contribution in [0.2, 0.25) is 0 Å². The predicted molar refractivity (Wildman–Crippen MR) is 79.9 cm³/mol. The monoisotopic (exact) mass is 300 g/mol. The van der Waals surface area contributed by atoms with Crippen molar-refractivity contribution in [2.75, 3.05) is 10.6 Å². The molecule has 0 saturated heterocycles. The maximum Gasteiger partial charge on any atom is 0.300 e. The van der Waals surface area contributed by atoms with Gasteiger partial charge in [-0.3, -0.25) is 9.59 Å². The van der Waals surface area contributed by atoms with Crippen LogP contribution in [-0.4, -0.2) is 11.8 Å². The standard InChI is InChI=1S/C16H13FN2O3/c1-3-4-15(20)18-11-5-6-13(17)14(9-11)19-16(21)12-7-8-22-10(12)2/h5-9H,1-2H3,(H,18,20)(H,19,21). The molecule has 6 heteroatoms. The van der Waals surface area contributed by atoms with Gasteiger partial charge in [-0.15, -0.1) is 0 Å². The Hall–Kier alpha value is -3.07. The van der Waals surface area contributed by atoms with Crippen molar-refractivity contribution in [1.82, 2.24) is 0 Å². The van der Waals surface area contributed by atoms with Gasteiger partial charge in [0.05, 0.1) is 17.5 Å². The van der Waals surface area contributed by atoms with E-state index in [2.05, 4.69) is 22.5 Å². The number of anilines is 2. The normalized spacial score (nSPS) is 9.59. The number of amides is 2. The first kappa shape index (κ1) is 15.3. The number of furan rings is 1. The number of benzene rings is 1. The van der Waals surface area contributed by atoms with Crippen LogP contribution in [0.5, 0.6) is 0 Å². The number of rotatable bonds is 3. The van der Waals surface area contributed by atoms with Crippen LogP contribution in [0.3, 0.4) is 0 Å². The van der Waals surface area contributed by atoms with Crippen LogP contribution < -0.4 is 10.6 Å². The molecule has 2 amide bonds. The summed E-state index contributed by atoms with van der Waals surface area (Å²) < 4.78 is 18.8. The highest BCUT2D eigenvalue weighted by molar-refractivity contribution is 6.06. The van der Waals surface area contributed by atoms with Crippen LogP contribution in [0, 0.1) is 24.6 Å². The Morgan fingerprint density at radius 2 is 2.00 bits per heavy atom. The molecule has 0 aliphatic heterocycles. The Balaban J connectivity index is 2.19. The Labute approximate surface area is 126 Å². The zero-order chi connectivity index (χ0) is 16.1. The van der Waals surface area contributed by atoms with Crippen molar-refractivity contribution in [2.45, 2.75) is 13.8 Å². The maximum absolute atomic E-state index is 13.8. The quantitative estimate of drug-likeness (QED) is 0.856. The van der Waals surface area contributed by atoms with Crippen molar-refractivity contribution in [2.24, 2.45) is 0 Å². The number of carbonyl (C=O) groups excluding carboxylic acids is 2. The molecule has 22 heavy (non-hydrogen) atoms. The van der Waals surface area contributed by atoms with Crippen molar-refractivity contribution in [3.8, 4) is 11.8 Å². The topological polar surface area (TPSA) is 71.3 Å². The minimum Gasteiger partial charge on any atom is -0.469 e. The van der Waals surface area contributed by atoms with E-state index in [1.165, 1.54) is 31.4 Å². The smallest absolute Gasteiger partial charge is 0.300 e. The molecule has 5 nitrogen and oxygen atoms in total. The summed E-state index contributed by atoms with van der Waals surface area (Å²) in [7, 11) is 0. The van der Waals surface area contributed by atoms with Gasteiger partial charge in [0, 0.05) is 5.69 Å². The number of halogens is 1. The SMILES string of the molecule is CC#CC(=O)Nc1ccc(F)c(NC(=O)c2ccoc2C)c1. The lowest BCUT2D eigenvalue weighted by atomic mass is 10.2. The van der Waals surface area contributed by atoms with E-state index in [1.54, 1.807) is 6.92 Å². The number of aryl methyl sites for hydroxylation is 1. The first-order valence-corrected chi connectivity index (χ1v) is 6.40. The minimum atomic E-state index is -0.617. The van der Waals surface area contributed by atoms with Gasteiger partial charge in [-0.05, 0) is 44.0 Å². The molecule has 0 saturated carbocycles. The van der Waals surface area contributed by atoms with Gasteiger partial charge >= 0.3 is 0 Å². The van der Waals surface area contributed by atoms with E-state index < -0.39 is 17.6 Å². The van der Waals surface area contributed by atoms with E-state index in [0.29, 0.717) is 17.0 Å². The molecule has 0 bridgehead atoms. The van der Waals surface area contributed by atoms with Gasteiger partial charge < -0.3 is 15.1 Å². The molecule has 0 atom stereocenters. The van der Waals surface area contributed by atoms with Crippen molar-refractivity contribution >= 4 is 23.2 Å². The maximum atomic E-state index is 13.8. The van der Waals surface area contributed by atoms with Crippen LogP contribution in [0.4, 0.5) is 15.8 Å². The fourth-order valence-corrected chi connectivity index (χ4v) is 1.78. The van der Waals surface area contributed by atoms with Crippen LogP contribution in [-0.2, 0) is 4.79 Å². The van der Waals surface area contributed by atoms with Crippen molar-refractivity contribution in [1.29, 1.82) is 0 Å². The highest BCUT2D eigenvalue weighted by Gasteiger charge is 2.14. The fourth-order valence-electron chi connectivity index (χ4n) is 1.78. The third-order valence-electron chi connectivity index (χ3n) is 2.81. The summed E-state index contributed by atoms with van der Waals surface area (Å²) in [6.07, 6.45) is 1.38. The second-order valence-electron chi connectivity index (χ2n) is 4.37. The molecule has 2 aromatic rings. The molecule has 0 radical (unpaired) electrons. The number of carbonyl (C=O) groups is 2. The van der Waals surface area contributed by atoms with Crippen LogP contribution in [0.1, 0.15) is 23.0 Å². The molecule has 0 fully saturated rings. The zero-order valence-corrected chi connectivity index (χ0v) is 12.0. The third-order valence-corrected chi connectivity index (χ3v) is 2.81. The van der Waals surface area contributed by atoms with Gasteiger partial charge in [0.15, 0.2) is 0 Å². The van der Waals surface area contributed by atoms with E-state index in [4.69, 9.17) is 4.42 Å². The number of hydrogen-bond donors (Lipinski definition) is 2. The van der Waals surface area contributed by atoms with Crippen molar-refractivity contribution in [3.05, 3.63) is 47.7 Å². The Kier molecular flexibility index (Phi) is 4.59. The highest BCUT2D eigenvalue weighted by atomic mass is 19.1.